The zero-order valence-electron chi connectivity index (χ0n) is 23.8. The number of hydrogen-bond acceptors (Lipinski definition) is 4. The lowest BCUT2D eigenvalue weighted by Gasteiger charge is -2.08. The van der Waals surface area contributed by atoms with Crippen LogP contribution in [0.1, 0.15) is 5.56 Å². The molecule has 0 aliphatic carbocycles. The molecule has 0 saturated carbocycles. The summed E-state index contributed by atoms with van der Waals surface area (Å²) in [5, 5.41) is 3.29. The molecule has 0 saturated heterocycles. The van der Waals surface area contributed by atoms with Crippen LogP contribution in [0.2, 0.25) is 0 Å². The molecule has 0 radical (unpaired) electrons. The Morgan fingerprint density at radius 1 is 0.568 bits per heavy atom. The van der Waals surface area contributed by atoms with Gasteiger partial charge in [0.1, 0.15) is 11.2 Å². The minimum Gasteiger partial charge on any atom is -0.456 e. The number of aromatic nitrogens is 4. The third-order valence-corrected chi connectivity index (χ3v) is 7.85. The molecule has 8 rings (SSSR count). The van der Waals surface area contributed by atoms with Crippen molar-refractivity contribution in [1.82, 2.24) is 19.5 Å². The topological polar surface area (TPSA) is 56.7 Å². The molecular weight excluding hydrogens is 540 g/mol. The second-order valence-corrected chi connectivity index (χ2v) is 10.6. The van der Waals surface area contributed by atoms with Crippen LogP contribution in [0.3, 0.4) is 0 Å². The summed E-state index contributed by atoms with van der Waals surface area (Å²) in [6.07, 6.45) is 8.00. The minimum atomic E-state index is 0.597. The molecule has 208 valence electrons. The first kappa shape index (κ1) is 25.6. The average Bonchev–Trinajstić information content (AvgIpc) is 3.65. The van der Waals surface area contributed by atoms with Crippen LogP contribution in [0, 0.1) is 0 Å². The molecule has 5 heteroatoms. The zero-order chi connectivity index (χ0) is 29.5. The Hall–Kier alpha value is -6.07. The summed E-state index contributed by atoms with van der Waals surface area (Å²) in [4.78, 5) is 14.6. The standard InChI is InChI=1S/C39H26N4O/c1-2-3-12-29-25-43(34-18-11-10-17-31(29)34)30-20-22-33-32-21-19-28(23-35(32)44-36(33)24-30)39-41-37(26-13-6-4-7-14-26)40-38(42-39)27-15-8-5-9-16-27/h2-25H,1H2/b12-3-. The number of fused-ring (bicyclic) bond motifs is 4. The summed E-state index contributed by atoms with van der Waals surface area (Å²) >= 11 is 0. The van der Waals surface area contributed by atoms with Gasteiger partial charge in [0.15, 0.2) is 17.5 Å². The molecule has 0 N–H and O–H groups in total. The number of furan rings is 1. The monoisotopic (exact) mass is 566 g/mol. The van der Waals surface area contributed by atoms with E-state index in [4.69, 9.17) is 19.4 Å². The Kier molecular flexibility index (Phi) is 6.20. The Morgan fingerprint density at radius 3 is 1.84 bits per heavy atom. The van der Waals surface area contributed by atoms with E-state index in [0.717, 1.165) is 55.4 Å². The summed E-state index contributed by atoms with van der Waals surface area (Å²) < 4.78 is 8.68. The van der Waals surface area contributed by atoms with E-state index < -0.39 is 0 Å². The first-order chi connectivity index (χ1) is 21.7. The van der Waals surface area contributed by atoms with Crippen molar-refractivity contribution in [2.75, 3.05) is 0 Å². The molecule has 0 spiro atoms. The number of hydrogen-bond donors (Lipinski definition) is 0. The molecule has 3 heterocycles. The maximum absolute atomic E-state index is 6.48. The van der Waals surface area contributed by atoms with E-state index in [1.807, 2.05) is 72.8 Å². The van der Waals surface area contributed by atoms with Crippen LogP contribution in [0.15, 0.2) is 151 Å². The second-order valence-electron chi connectivity index (χ2n) is 10.6. The summed E-state index contributed by atoms with van der Waals surface area (Å²) in [6, 6.07) is 41.0. The first-order valence-corrected chi connectivity index (χ1v) is 14.5. The first-order valence-electron chi connectivity index (χ1n) is 14.5. The number of para-hydroxylation sites is 1. The van der Waals surface area contributed by atoms with Gasteiger partial charge in [-0.25, -0.2) is 15.0 Å². The normalized spacial score (nSPS) is 11.6. The largest absolute Gasteiger partial charge is 0.456 e. The van der Waals surface area contributed by atoms with Crippen molar-refractivity contribution >= 4 is 38.9 Å². The smallest absolute Gasteiger partial charge is 0.164 e. The van der Waals surface area contributed by atoms with Gasteiger partial charge in [-0.2, -0.15) is 0 Å². The van der Waals surface area contributed by atoms with Crippen LogP contribution < -0.4 is 0 Å². The van der Waals surface area contributed by atoms with Gasteiger partial charge in [0.2, 0.25) is 0 Å². The van der Waals surface area contributed by atoms with E-state index in [1.54, 1.807) is 6.08 Å². The highest BCUT2D eigenvalue weighted by Crippen LogP contribution is 2.35. The summed E-state index contributed by atoms with van der Waals surface area (Å²) in [5.74, 6) is 1.86. The summed E-state index contributed by atoms with van der Waals surface area (Å²) in [7, 11) is 0. The quantitative estimate of drug-likeness (QED) is 0.188. The molecule has 5 aromatic carbocycles. The van der Waals surface area contributed by atoms with Crippen molar-refractivity contribution < 1.29 is 4.42 Å². The number of nitrogens with zero attached hydrogens (tertiary/aromatic N) is 4. The second kappa shape index (κ2) is 10.6. The van der Waals surface area contributed by atoms with Gasteiger partial charge in [-0.3, -0.25) is 0 Å². The maximum Gasteiger partial charge on any atom is 0.164 e. The summed E-state index contributed by atoms with van der Waals surface area (Å²) in [6.45, 7) is 3.82. The molecule has 0 amide bonds. The molecule has 8 aromatic rings. The van der Waals surface area contributed by atoms with E-state index in [-0.39, 0.29) is 0 Å². The molecule has 0 aliphatic heterocycles. The van der Waals surface area contributed by atoms with E-state index >= 15 is 0 Å². The molecule has 44 heavy (non-hydrogen) atoms. The van der Waals surface area contributed by atoms with Crippen LogP contribution in [0.4, 0.5) is 0 Å². The molecule has 5 nitrogen and oxygen atoms in total. The Morgan fingerprint density at radius 2 is 1.16 bits per heavy atom. The predicted molar refractivity (Wildman–Crippen MR) is 179 cm³/mol. The zero-order valence-corrected chi connectivity index (χ0v) is 23.8. The van der Waals surface area contributed by atoms with Crippen LogP contribution in [0.25, 0.3) is 78.8 Å². The number of benzene rings is 5. The van der Waals surface area contributed by atoms with Crippen molar-refractivity contribution in [2.24, 2.45) is 0 Å². The van der Waals surface area contributed by atoms with Gasteiger partial charge in [-0.05, 0) is 30.3 Å². The maximum atomic E-state index is 6.48. The average molecular weight is 567 g/mol. The molecule has 0 bridgehead atoms. The minimum absolute atomic E-state index is 0.597. The Bertz CT molecular complexity index is 2290. The predicted octanol–water partition coefficient (Wildman–Crippen LogP) is 9.92. The SMILES string of the molecule is C=C/C=C\c1cn(-c2ccc3c(c2)oc2cc(-c4nc(-c5ccccc5)nc(-c5ccccc5)n4)ccc23)c2ccccc12. The van der Waals surface area contributed by atoms with Crippen LogP contribution in [-0.4, -0.2) is 19.5 Å². The highest BCUT2D eigenvalue weighted by Gasteiger charge is 2.15. The van der Waals surface area contributed by atoms with Crippen molar-refractivity contribution in [3.8, 4) is 39.9 Å². The van der Waals surface area contributed by atoms with E-state index in [2.05, 4.69) is 78.0 Å². The molecule has 0 atom stereocenters. The molecule has 3 aromatic heterocycles. The van der Waals surface area contributed by atoms with Gasteiger partial charge in [-0.1, -0.05) is 110 Å². The van der Waals surface area contributed by atoms with Crippen molar-refractivity contribution in [3.05, 3.63) is 152 Å². The Balaban J connectivity index is 1.24. The highest BCUT2D eigenvalue weighted by atomic mass is 16.3. The highest BCUT2D eigenvalue weighted by molar-refractivity contribution is 6.06. The number of allylic oxidation sites excluding steroid dienone is 2. The fourth-order valence-corrected chi connectivity index (χ4v) is 5.72. The molecular formula is C39H26N4O. The van der Waals surface area contributed by atoms with Gasteiger partial charge < -0.3 is 8.98 Å². The Labute approximate surface area is 254 Å². The fraction of sp³-hybridized carbons (Fsp3) is 0. The van der Waals surface area contributed by atoms with E-state index in [9.17, 15) is 0 Å². The van der Waals surface area contributed by atoms with Crippen LogP contribution in [0.5, 0.6) is 0 Å². The van der Waals surface area contributed by atoms with Gasteiger partial charge in [0, 0.05) is 56.4 Å². The van der Waals surface area contributed by atoms with Crippen LogP contribution in [-0.2, 0) is 0 Å². The van der Waals surface area contributed by atoms with Crippen molar-refractivity contribution in [3.63, 3.8) is 0 Å². The van der Waals surface area contributed by atoms with Gasteiger partial charge in [0.05, 0.1) is 5.52 Å². The van der Waals surface area contributed by atoms with Crippen molar-refractivity contribution in [1.29, 1.82) is 0 Å². The van der Waals surface area contributed by atoms with Crippen LogP contribution >= 0.6 is 0 Å². The molecule has 0 fully saturated rings. The molecule has 0 unspecified atom stereocenters. The summed E-state index contributed by atoms with van der Waals surface area (Å²) in [5.41, 5.74) is 7.64. The van der Waals surface area contributed by atoms with Crippen molar-refractivity contribution in [2.45, 2.75) is 0 Å². The third kappa shape index (κ3) is 4.48. The third-order valence-electron chi connectivity index (χ3n) is 7.85. The molecule has 0 aliphatic rings. The van der Waals surface area contributed by atoms with Gasteiger partial charge >= 0.3 is 0 Å². The lowest BCUT2D eigenvalue weighted by molar-refractivity contribution is 0.668. The van der Waals surface area contributed by atoms with Gasteiger partial charge in [-0.15, -0.1) is 0 Å². The van der Waals surface area contributed by atoms with Gasteiger partial charge in [0.25, 0.3) is 0 Å². The lowest BCUT2D eigenvalue weighted by Crippen LogP contribution is -2.00. The fourth-order valence-electron chi connectivity index (χ4n) is 5.72. The number of rotatable bonds is 6. The lowest BCUT2D eigenvalue weighted by atomic mass is 10.1. The van der Waals surface area contributed by atoms with E-state index in [1.165, 1.54) is 5.39 Å². The van der Waals surface area contributed by atoms with E-state index in [0.29, 0.717) is 17.5 Å².